The number of carbonyl (C=O) groups is 1. The van der Waals surface area contributed by atoms with Gasteiger partial charge >= 0.3 is 0 Å². The van der Waals surface area contributed by atoms with Gasteiger partial charge in [-0.2, -0.15) is 0 Å². The maximum Gasteiger partial charge on any atom is 0.256 e. The molecule has 4 rings (SSSR count). The Morgan fingerprint density at radius 3 is 2.23 bits per heavy atom. The summed E-state index contributed by atoms with van der Waals surface area (Å²) in [6.07, 6.45) is 0. The number of nitrogens with zero attached hydrogens (tertiary/aromatic N) is 1. The Morgan fingerprint density at radius 1 is 0.923 bits per heavy atom. The summed E-state index contributed by atoms with van der Waals surface area (Å²) in [6.45, 7) is 1.49. The van der Waals surface area contributed by atoms with Crippen LogP contribution in [0.1, 0.15) is 6.92 Å². The third-order valence-electron chi connectivity index (χ3n) is 4.11. The summed E-state index contributed by atoms with van der Waals surface area (Å²) < 4.78 is 1.69. The number of rotatable bonds is 3. The van der Waals surface area contributed by atoms with Gasteiger partial charge in [-0.25, -0.2) is 0 Å². The molecule has 2 heterocycles. The van der Waals surface area contributed by atoms with E-state index < -0.39 is 0 Å². The molecule has 0 fully saturated rings. The topological polar surface area (TPSA) is 51.1 Å². The number of hydrogen-bond donors (Lipinski definition) is 1. The van der Waals surface area contributed by atoms with Crippen LogP contribution in [0.15, 0.2) is 77.6 Å². The quantitative estimate of drug-likeness (QED) is 0.577. The summed E-state index contributed by atoms with van der Waals surface area (Å²) in [5.41, 5.74) is 2.64. The molecular weight excluding hydrogens is 344 g/mol. The van der Waals surface area contributed by atoms with Crippen LogP contribution in [0.25, 0.3) is 27.0 Å². The highest BCUT2D eigenvalue weighted by Gasteiger charge is 2.18. The summed E-state index contributed by atoms with van der Waals surface area (Å²) in [5, 5.41) is 4.61. The van der Waals surface area contributed by atoms with Gasteiger partial charge in [-0.3, -0.25) is 14.2 Å². The molecule has 128 valence electrons. The number of nitrogens with one attached hydrogen (secondary N) is 1. The van der Waals surface area contributed by atoms with Crippen molar-refractivity contribution in [1.82, 2.24) is 4.57 Å². The SMILES string of the molecule is CC(=O)Nc1sc2c(ccc(=O)n2-c2ccccc2)c1-c1ccccc1. The molecule has 5 heteroatoms. The van der Waals surface area contributed by atoms with E-state index in [0.29, 0.717) is 0 Å². The van der Waals surface area contributed by atoms with Crippen molar-refractivity contribution in [1.29, 1.82) is 0 Å². The van der Waals surface area contributed by atoms with Gasteiger partial charge in [0.1, 0.15) is 9.83 Å². The van der Waals surface area contributed by atoms with Crippen molar-refractivity contribution in [2.75, 3.05) is 5.32 Å². The van der Waals surface area contributed by atoms with Gasteiger partial charge in [0.25, 0.3) is 5.56 Å². The first-order valence-corrected chi connectivity index (χ1v) is 9.04. The van der Waals surface area contributed by atoms with Gasteiger partial charge in [0, 0.05) is 23.9 Å². The summed E-state index contributed by atoms with van der Waals surface area (Å²) in [5.74, 6) is -0.137. The summed E-state index contributed by atoms with van der Waals surface area (Å²) in [6, 6.07) is 22.8. The fraction of sp³-hybridized carbons (Fsp3) is 0.0476. The van der Waals surface area contributed by atoms with Crippen molar-refractivity contribution in [3.8, 4) is 16.8 Å². The van der Waals surface area contributed by atoms with E-state index in [0.717, 1.165) is 32.0 Å². The summed E-state index contributed by atoms with van der Waals surface area (Å²) >= 11 is 1.41. The molecule has 1 N–H and O–H groups in total. The number of fused-ring (bicyclic) bond motifs is 1. The zero-order chi connectivity index (χ0) is 18.1. The Morgan fingerprint density at radius 2 is 1.58 bits per heavy atom. The Labute approximate surface area is 154 Å². The van der Waals surface area contributed by atoms with Crippen LogP contribution in [0.2, 0.25) is 0 Å². The number of para-hydroxylation sites is 1. The monoisotopic (exact) mass is 360 g/mol. The maximum atomic E-state index is 12.6. The van der Waals surface area contributed by atoms with Crippen LogP contribution in [-0.2, 0) is 4.79 Å². The van der Waals surface area contributed by atoms with Crippen molar-refractivity contribution in [2.24, 2.45) is 0 Å². The van der Waals surface area contributed by atoms with E-state index in [1.165, 1.54) is 18.3 Å². The molecule has 0 radical (unpaired) electrons. The molecule has 0 aliphatic heterocycles. The van der Waals surface area contributed by atoms with Gasteiger partial charge in [-0.05, 0) is 23.8 Å². The van der Waals surface area contributed by atoms with Gasteiger partial charge < -0.3 is 5.32 Å². The van der Waals surface area contributed by atoms with Crippen molar-refractivity contribution in [3.05, 3.63) is 83.2 Å². The highest BCUT2D eigenvalue weighted by atomic mass is 32.1. The third kappa shape index (κ3) is 2.82. The molecule has 0 spiro atoms. The van der Waals surface area contributed by atoms with Crippen molar-refractivity contribution in [3.63, 3.8) is 0 Å². The zero-order valence-corrected chi connectivity index (χ0v) is 14.9. The highest BCUT2D eigenvalue weighted by molar-refractivity contribution is 7.23. The molecule has 0 bridgehead atoms. The second kappa shape index (κ2) is 6.61. The lowest BCUT2D eigenvalue weighted by Crippen LogP contribution is -2.16. The highest BCUT2D eigenvalue weighted by Crippen LogP contribution is 2.42. The van der Waals surface area contributed by atoms with Crippen LogP contribution in [0.3, 0.4) is 0 Å². The van der Waals surface area contributed by atoms with E-state index in [9.17, 15) is 9.59 Å². The van der Waals surface area contributed by atoms with Gasteiger partial charge in [0.05, 0.1) is 5.69 Å². The number of thiophene rings is 1. The minimum absolute atomic E-state index is 0.0982. The number of pyridine rings is 1. The lowest BCUT2D eigenvalue weighted by atomic mass is 10.0. The minimum atomic E-state index is -0.137. The number of carbonyl (C=O) groups excluding carboxylic acids is 1. The molecule has 0 aliphatic rings. The first-order chi connectivity index (χ1) is 12.6. The van der Waals surface area contributed by atoms with Gasteiger partial charge in [0.15, 0.2) is 0 Å². The second-order valence-corrected chi connectivity index (χ2v) is 6.91. The number of anilines is 1. The molecule has 2 aromatic heterocycles. The fourth-order valence-electron chi connectivity index (χ4n) is 3.04. The smallest absolute Gasteiger partial charge is 0.256 e. The molecule has 0 saturated heterocycles. The third-order valence-corrected chi connectivity index (χ3v) is 5.21. The van der Waals surface area contributed by atoms with Crippen LogP contribution in [0.5, 0.6) is 0 Å². The van der Waals surface area contributed by atoms with Gasteiger partial charge in [-0.1, -0.05) is 59.9 Å². The summed E-state index contributed by atoms with van der Waals surface area (Å²) in [7, 11) is 0. The number of amides is 1. The molecule has 26 heavy (non-hydrogen) atoms. The molecule has 4 nitrogen and oxygen atoms in total. The second-order valence-electron chi connectivity index (χ2n) is 5.91. The number of aromatic nitrogens is 1. The van der Waals surface area contributed by atoms with Crippen LogP contribution in [0.4, 0.5) is 5.00 Å². The average molecular weight is 360 g/mol. The Bertz CT molecular complexity index is 1150. The number of benzene rings is 2. The van der Waals surface area contributed by atoms with E-state index in [1.54, 1.807) is 10.6 Å². The predicted octanol–water partition coefficient (Wildman–Crippen LogP) is 4.68. The summed E-state index contributed by atoms with van der Waals surface area (Å²) in [4.78, 5) is 25.1. The Balaban J connectivity index is 2.08. The Hall–Kier alpha value is -3.18. The largest absolute Gasteiger partial charge is 0.317 e. The maximum absolute atomic E-state index is 12.6. The number of hydrogen-bond acceptors (Lipinski definition) is 3. The molecule has 2 aromatic carbocycles. The van der Waals surface area contributed by atoms with Crippen LogP contribution in [0, 0.1) is 0 Å². The van der Waals surface area contributed by atoms with E-state index in [1.807, 2.05) is 66.7 Å². The average Bonchev–Trinajstić information content (AvgIpc) is 3.00. The van der Waals surface area contributed by atoms with E-state index in [-0.39, 0.29) is 11.5 Å². The van der Waals surface area contributed by atoms with E-state index >= 15 is 0 Å². The van der Waals surface area contributed by atoms with Gasteiger partial charge in [0.2, 0.25) is 5.91 Å². The molecule has 0 unspecified atom stereocenters. The lowest BCUT2D eigenvalue weighted by Gasteiger charge is -2.07. The molecule has 1 amide bonds. The van der Waals surface area contributed by atoms with Crippen LogP contribution in [-0.4, -0.2) is 10.5 Å². The predicted molar refractivity (Wildman–Crippen MR) is 107 cm³/mol. The normalized spacial score (nSPS) is 10.8. The van der Waals surface area contributed by atoms with Crippen LogP contribution >= 0.6 is 11.3 Å². The molecule has 0 atom stereocenters. The van der Waals surface area contributed by atoms with Crippen molar-refractivity contribution >= 4 is 32.5 Å². The van der Waals surface area contributed by atoms with Crippen molar-refractivity contribution < 1.29 is 4.79 Å². The Kier molecular flexibility index (Phi) is 4.14. The van der Waals surface area contributed by atoms with E-state index in [2.05, 4.69) is 5.32 Å². The first-order valence-electron chi connectivity index (χ1n) is 8.22. The molecule has 0 aliphatic carbocycles. The minimum Gasteiger partial charge on any atom is -0.317 e. The fourth-order valence-corrected chi connectivity index (χ4v) is 4.33. The van der Waals surface area contributed by atoms with Gasteiger partial charge in [-0.15, -0.1) is 0 Å². The standard InChI is InChI=1S/C21H16N2O2S/c1-14(24)22-20-19(15-8-4-2-5-9-15)17-12-13-18(25)23(21(17)26-20)16-10-6-3-7-11-16/h2-13H,1H3,(H,22,24). The molecule has 0 saturated carbocycles. The zero-order valence-electron chi connectivity index (χ0n) is 14.1. The first kappa shape index (κ1) is 16.3. The molecular formula is C21H16N2O2S. The van der Waals surface area contributed by atoms with Crippen molar-refractivity contribution in [2.45, 2.75) is 6.92 Å². The van der Waals surface area contributed by atoms with Crippen LogP contribution < -0.4 is 10.9 Å². The van der Waals surface area contributed by atoms with E-state index in [4.69, 9.17) is 0 Å². The molecule has 4 aromatic rings. The lowest BCUT2D eigenvalue weighted by molar-refractivity contribution is -0.114.